The van der Waals surface area contributed by atoms with Gasteiger partial charge < -0.3 is 20.3 Å². The second-order valence-electron chi connectivity index (χ2n) is 4.35. The van der Waals surface area contributed by atoms with Gasteiger partial charge in [-0.2, -0.15) is 0 Å². The van der Waals surface area contributed by atoms with Crippen molar-refractivity contribution in [1.82, 2.24) is 0 Å². The van der Waals surface area contributed by atoms with Gasteiger partial charge in [-0.15, -0.1) is 0 Å². The molecule has 1 aromatic carbocycles. The number of rotatable bonds is 7. The number of primary amides is 1. The monoisotopic (exact) mass is 287 g/mol. The first-order valence-electron chi connectivity index (χ1n) is 5.92. The van der Waals surface area contributed by atoms with Crippen molar-refractivity contribution in [3.8, 4) is 5.75 Å². The number of aliphatic hydroxyl groups is 1. The number of ether oxygens (including phenoxy) is 2. The van der Waals surface area contributed by atoms with Crippen LogP contribution in [0.4, 0.5) is 0 Å². The minimum absolute atomic E-state index is 0.00856. The number of hydrogen-bond acceptors (Lipinski definition) is 4. The third-order valence-electron chi connectivity index (χ3n) is 2.26. The van der Waals surface area contributed by atoms with E-state index in [1.807, 2.05) is 13.8 Å². The predicted molar refractivity (Wildman–Crippen MR) is 72.6 cm³/mol. The Bertz CT molecular complexity index is 437. The van der Waals surface area contributed by atoms with Crippen molar-refractivity contribution >= 4 is 17.5 Å². The number of carbonyl (C=O) groups is 1. The molecular weight excluding hydrogens is 270 g/mol. The highest BCUT2D eigenvalue weighted by Crippen LogP contribution is 2.22. The first kappa shape index (κ1) is 15.8. The van der Waals surface area contributed by atoms with E-state index in [1.54, 1.807) is 12.1 Å². The Kier molecular flexibility index (Phi) is 6.08. The quantitative estimate of drug-likeness (QED) is 0.798. The minimum atomic E-state index is -0.779. The number of nitrogens with two attached hydrogens (primary N) is 1. The van der Waals surface area contributed by atoms with Crippen molar-refractivity contribution in [2.75, 3.05) is 13.2 Å². The number of carbonyl (C=O) groups excluding carboxylic acids is 1. The fourth-order valence-corrected chi connectivity index (χ4v) is 1.53. The van der Waals surface area contributed by atoms with Gasteiger partial charge in [-0.05, 0) is 32.0 Å². The summed E-state index contributed by atoms with van der Waals surface area (Å²) in [6, 6.07) is 4.55. The molecule has 5 nitrogen and oxygen atoms in total. The molecule has 19 heavy (non-hydrogen) atoms. The summed E-state index contributed by atoms with van der Waals surface area (Å²) in [5, 5.41) is 10.0. The van der Waals surface area contributed by atoms with Crippen molar-refractivity contribution in [3.63, 3.8) is 0 Å². The van der Waals surface area contributed by atoms with Crippen molar-refractivity contribution < 1.29 is 19.4 Å². The van der Waals surface area contributed by atoms with E-state index < -0.39 is 12.0 Å². The van der Waals surface area contributed by atoms with Gasteiger partial charge in [0.15, 0.2) is 0 Å². The summed E-state index contributed by atoms with van der Waals surface area (Å²) in [6.07, 6.45) is -0.745. The lowest BCUT2D eigenvalue weighted by Gasteiger charge is -2.15. The zero-order valence-electron chi connectivity index (χ0n) is 10.9. The van der Waals surface area contributed by atoms with E-state index in [-0.39, 0.29) is 24.9 Å². The highest BCUT2D eigenvalue weighted by Gasteiger charge is 2.13. The lowest BCUT2D eigenvalue weighted by Crippen LogP contribution is -2.26. The van der Waals surface area contributed by atoms with Crippen LogP contribution in [0.5, 0.6) is 5.75 Å². The average Bonchev–Trinajstić information content (AvgIpc) is 2.34. The SMILES string of the molecule is CC(C)OCC(O)COc1ccc(Cl)cc1C(N)=O. The molecule has 0 aliphatic carbocycles. The highest BCUT2D eigenvalue weighted by molar-refractivity contribution is 6.31. The molecule has 1 aromatic rings. The maximum absolute atomic E-state index is 11.2. The summed E-state index contributed by atoms with van der Waals surface area (Å²) < 4.78 is 10.6. The molecule has 0 aromatic heterocycles. The molecule has 0 saturated carbocycles. The van der Waals surface area contributed by atoms with Gasteiger partial charge in [0.25, 0.3) is 5.91 Å². The summed E-state index contributed by atoms with van der Waals surface area (Å²) in [5.74, 6) is -0.342. The van der Waals surface area contributed by atoms with Gasteiger partial charge in [0.1, 0.15) is 18.5 Å². The maximum Gasteiger partial charge on any atom is 0.252 e. The molecular formula is C13H18ClNO4. The summed E-state index contributed by atoms with van der Waals surface area (Å²) >= 11 is 5.78. The van der Waals surface area contributed by atoms with Crippen molar-refractivity contribution in [2.24, 2.45) is 5.73 Å². The standard InChI is InChI=1S/C13H18ClNO4/c1-8(2)18-6-10(16)7-19-12-4-3-9(14)5-11(12)13(15)17/h3-5,8,10,16H,6-7H2,1-2H3,(H2,15,17). The molecule has 0 aliphatic heterocycles. The summed E-state index contributed by atoms with van der Waals surface area (Å²) in [5.41, 5.74) is 5.41. The molecule has 1 unspecified atom stereocenters. The molecule has 3 N–H and O–H groups in total. The van der Waals surface area contributed by atoms with E-state index in [1.165, 1.54) is 6.07 Å². The molecule has 6 heteroatoms. The van der Waals surface area contributed by atoms with E-state index in [0.717, 1.165) is 0 Å². The van der Waals surface area contributed by atoms with E-state index in [0.29, 0.717) is 10.8 Å². The van der Waals surface area contributed by atoms with Gasteiger partial charge in [0.05, 0.1) is 18.3 Å². The van der Waals surface area contributed by atoms with E-state index in [2.05, 4.69) is 0 Å². The van der Waals surface area contributed by atoms with Crippen molar-refractivity contribution in [1.29, 1.82) is 0 Å². The topological polar surface area (TPSA) is 81.8 Å². The van der Waals surface area contributed by atoms with Crippen LogP contribution in [-0.4, -0.2) is 36.4 Å². The first-order chi connectivity index (χ1) is 8.90. The maximum atomic E-state index is 11.2. The van der Waals surface area contributed by atoms with Crippen LogP contribution in [0.15, 0.2) is 18.2 Å². The number of aliphatic hydroxyl groups excluding tert-OH is 1. The predicted octanol–water partition coefficient (Wildman–Crippen LogP) is 1.60. The normalized spacial score (nSPS) is 12.5. The fraction of sp³-hybridized carbons (Fsp3) is 0.462. The van der Waals surface area contributed by atoms with E-state index in [9.17, 15) is 9.90 Å². The van der Waals surface area contributed by atoms with Crippen molar-refractivity contribution in [3.05, 3.63) is 28.8 Å². The Morgan fingerprint density at radius 1 is 1.42 bits per heavy atom. The van der Waals surface area contributed by atoms with Crippen LogP contribution in [0, 0.1) is 0 Å². The Balaban J connectivity index is 2.60. The van der Waals surface area contributed by atoms with Crippen LogP contribution >= 0.6 is 11.6 Å². The van der Waals surface area contributed by atoms with Crippen LogP contribution in [0.1, 0.15) is 24.2 Å². The molecule has 106 valence electrons. The molecule has 1 amide bonds. The van der Waals surface area contributed by atoms with Gasteiger partial charge in [-0.1, -0.05) is 11.6 Å². The third-order valence-corrected chi connectivity index (χ3v) is 2.50. The zero-order chi connectivity index (χ0) is 14.4. The van der Waals surface area contributed by atoms with Gasteiger partial charge in [-0.25, -0.2) is 0 Å². The largest absolute Gasteiger partial charge is 0.490 e. The van der Waals surface area contributed by atoms with E-state index in [4.69, 9.17) is 26.8 Å². The number of benzene rings is 1. The van der Waals surface area contributed by atoms with E-state index >= 15 is 0 Å². The van der Waals surface area contributed by atoms with Crippen LogP contribution < -0.4 is 10.5 Å². The smallest absolute Gasteiger partial charge is 0.252 e. The van der Waals surface area contributed by atoms with Gasteiger partial charge in [0.2, 0.25) is 0 Å². The summed E-state index contributed by atoms with van der Waals surface area (Å²) in [7, 11) is 0. The molecule has 1 rings (SSSR count). The van der Waals surface area contributed by atoms with Gasteiger partial charge in [-0.3, -0.25) is 4.79 Å². The molecule has 0 fully saturated rings. The fourth-order valence-electron chi connectivity index (χ4n) is 1.36. The number of halogens is 1. The molecule has 0 heterocycles. The third kappa shape index (κ3) is 5.46. The molecule has 0 bridgehead atoms. The van der Waals surface area contributed by atoms with Gasteiger partial charge in [0, 0.05) is 5.02 Å². The lowest BCUT2D eigenvalue weighted by molar-refractivity contribution is -0.0123. The second-order valence-corrected chi connectivity index (χ2v) is 4.79. The van der Waals surface area contributed by atoms with Crippen LogP contribution in [0.25, 0.3) is 0 Å². The second kappa shape index (κ2) is 7.33. The van der Waals surface area contributed by atoms with Gasteiger partial charge >= 0.3 is 0 Å². The molecule has 0 spiro atoms. The first-order valence-corrected chi connectivity index (χ1v) is 6.29. The Labute approximate surface area is 117 Å². The average molecular weight is 288 g/mol. The Morgan fingerprint density at radius 2 is 2.11 bits per heavy atom. The highest BCUT2D eigenvalue weighted by atomic mass is 35.5. The van der Waals surface area contributed by atoms with Crippen LogP contribution in [-0.2, 0) is 4.74 Å². The molecule has 0 saturated heterocycles. The zero-order valence-corrected chi connectivity index (χ0v) is 11.7. The summed E-state index contributed by atoms with van der Waals surface area (Å²) in [6.45, 7) is 3.92. The summed E-state index contributed by atoms with van der Waals surface area (Å²) in [4.78, 5) is 11.2. The molecule has 1 atom stereocenters. The molecule has 0 radical (unpaired) electrons. The van der Waals surface area contributed by atoms with Crippen LogP contribution in [0.2, 0.25) is 5.02 Å². The minimum Gasteiger partial charge on any atom is -0.490 e. The Hall–Kier alpha value is -1.30. The number of amides is 1. The molecule has 0 aliphatic rings. The number of hydrogen-bond donors (Lipinski definition) is 2. The lowest BCUT2D eigenvalue weighted by atomic mass is 10.2. The Morgan fingerprint density at radius 3 is 2.68 bits per heavy atom. The van der Waals surface area contributed by atoms with Crippen LogP contribution in [0.3, 0.4) is 0 Å². The van der Waals surface area contributed by atoms with Crippen molar-refractivity contribution in [2.45, 2.75) is 26.1 Å².